The lowest BCUT2D eigenvalue weighted by atomic mass is 10.0. The maximum absolute atomic E-state index is 5.60. The molecule has 0 saturated carbocycles. The van der Waals surface area contributed by atoms with Crippen LogP contribution in [0.3, 0.4) is 0 Å². The number of anilines is 1. The average molecular weight is 342 g/mol. The molecule has 2 heterocycles. The normalized spacial score (nSPS) is 18.6. The first-order valence-electron chi connectivity index (χ1n) is 7.13. The van der Waals surface area contributed by atoms with Crippen LogP contribution in [0.5, 0.6) is 0 Å². The second-order valence-electron chi connectivity index (χ2n) is 6.19. The van der Waals surface area contributed by atoms with Gasteiger partial charge < -0.3 is 15.0 Å². The molecule has 0 radical (unpaired) electrons. The van der Waals surface area contributed by atoms with Gasteiger partial charge in [-0.05, 0) is 35.8 Å². The maximum Gasteiger partial charge on any atom is 0.133 e. The van der Waals surface area contributed by atoms with Crippen molar-refractivity contribution in [3.05, 3.63) is 22.3 Å². The highest BCUT2D eigenvalue weighted by molar-refractivity contribution is 9.10. The molecule has 112 valence electrons. The first kappa shape index (κ1) is 15.7. The summed E-state index contributed by atoms with van der Waals surface area (Å²) >= 11 is 3.52. The molecule has 1 aliphatic heterocycles. The minimum absolute atomic E-state index is 0.0222. The molecule has 1 N–H and O–H groups in total. The van der Waals surface area contributed by atoms with Crippen molar-refractivity contribution >= 4 is 21.7 Å². The van der Waals surface area contributed by atoms with Crippen LogP contribution in [-0.4, -0.2) is 36.3 Å². The van der Waals surface area contributed by atoms with E-state index < -0.39 is 0 Å². The first-order chi connectivity index (χ1) is 9.40. The van der Waals surface area contributed by atoms with Crippen molar-refractivity contribution < 1.29 is 4.74 Å². The number of rotatable bonds is 4. The van der Waals surface area contributed by atoms with Crippen LogP contribution in [0.15, 0.2) is 16.7 Å². The van der Waals surface area contributed by atoms with Crippen LogP contribution in [0.2, 0.25) is 0 Å². The predicted molar refractivity (Wildman–Crippen MR) is 86.2 cm³/mol. The smallest absolute Gasteiger partial charge is 0.133 e. The summed E-state index contributed by atoms with van der Waals surface area (Å²) < 4.78 is 6.63. The second kappa shape index (κ2) is 6.41. The van der Waals surface area contributed by atoms with Gasteiger partial charge in [-0.25, -0.2) is 4.98 Å². The molecule has 2 rings (SSSR count). The van der Waals surface area contributed by atoms with Crippen molar-refractivity contribution in [2.45, 2.75) is 45.8 Å². The highest BCUT2D eigenvalue weighted by Gasteiger charge is 2.32. The van der Waals surface area contributed by atoms with Gasteiger partial charge in [0.2, 0.25) is 0 Å². The van der Waals surface area contributed by atoms with Gasteiger partial charge in [-0.1, -0.05) is 13.8 Å². The highest BCUT2D eigenvalue weighted by Crippen LogP contribution is 2.29. The highest BCUT2D eigenvalue weighted by atomic mass is 79.9. The Bertz CT molecular complexity index is 462. The third-order valence-corrected chi connectivity index (χ3v) is 3.94. The SMILES string of the molecule is CC(C)NCc1cc(Br)cnc1N1CCOCC1(C)C. The summed E-state index contributed by atoms with van der Waals surface area (Å²) in [6, 6.07) is 2.61. The summed E-state index contributed by atoms with van der Waals surface area (Å²) in [5.74, 6) is 1.06. The van der Waals surface area contributed by atoms with Gasteiger partial charge in [-0.2, -0.15) is 0 Å². The van der Waals surface area contributed by atoms with Gasteiger partial charge in [-0.15, -0.1) is 0 Å². The van der Waals surface area contributed by atoms with E-state index in [0.717, 1.165) is 36.6 Å². The summed E-state index contributed by atoms with van der Waals surface area (Å²) in [5.41, 5.74) is 1.20. The minimum atomic E-state index is -0.0222. The zero-order valence-electron chi connectivity index (χ0n) is 12.7. The fourth-order valence-corrected chi connectivity index (χ4v) is 2.79. The largest absolute Gasteiger partial charge is 0.377 e. The number of aromatic nitrogens is 1. The van der Waals surface area contributed by atoms with Crippen LogP contribution in [0.1, 0.15) is 33.3 Å². The number of pyridine rings is 1. The first-order valence-corrected chi connectivity index (χ1v) is 7.92. The third-order valence-electron chi connectivity index (χ3n) is 3.51. The molecule has 0 bridgehead atoms. The van der Waals surface area contributed by atoms with Crippen molar-refractivity contribution in [2.75, 3.05) is 24.7 Å². The molecule has 5 heteroatoms. The number of morpholine rings is 1. The number of nitrogens with zero attached hydrogens (tertiary/aromatic N) is 2. The molecule has 0 aromatic carbocycles. The quantitative estimate of drug-likeness (QED) is 0.913. The van der Waals surface area contributed by atoms with E-state index in [0.29, 0.717) is 6.04 Å². The molecule has 4 nitrogen and oxygen atoms in total. The van der Waals surface area contributed by atoms with Crippen molar-refractivity contribution in [1.82, 2.24) is 10.3 Å². The molecule has 0 spiro atoms. The van der Waals surface area contributed by atoms with Crippen molar-refractivity contribution in [3.8, 4) is 0 Å². The van der Waals surface area contributed by atoms with Gasteiger partial charge in [0.05, 0.1) is 18.8 Å². The Morgan fingerprint density at radius 3 is 2.90 bits per heavy atom. The van der Waals surface area contributed by atoms with Gasteiger partial charge in [0, 0.05) is 35.4 Å². The third kappa shape index (κ3) is 3.71. The maximum atomic E-state index is 5.60. The van der Waals surface area contributed by atoms with Gasteiger partial charge >= 0.3 is 0 Å². The average Bonchev–Trinajstić information content (AvgIpc) is 2.37. The van der Waals surface area contributed by atoms with E-state index >= 15 is 0 Å². The van der Waals surface area contributed by atoms with Gasteiger partial charge in [-0.3, -0.25) is 0 Å². The lowest BCUT2D eigenvalue weighted by Gasteiger charge is -2.43. The van der Waals surface area contributed by atoms with Crippen LogP contribution in [0.4, 0.5) is 5.82 Å². The Kier molecular flexibility index (Phi) is 5.04. The van der Waals surface area contributed by atoms with Gasteiger partial charge in [0.1, 0.15) is 5.82 Å². The molecule has 20 heavy (non-hydrogen) atoms. The molecule has 1 saturated heterocycles. The number of hydrogen-bond donors (Lipinski definition) is 1. The zero-order chi connectivity index (χ0) is 14.8. The molecular weight excluding hydrogens is 318 g/mol. The van der Waals surface area contributed by atoms with Crippen LogP contribution in [-0.2, 0) is 11.3 Å². The van der Waals surface area contributed by atoms with Crippen LogP contribution in [0.25, 0.3) is 0 Å². The van der Waals surface area contributed by atoms with E-state index in [1.807, 2.05) is 6.20 Å². The van der Waals surface area contributed by atoms with E-state index in [9.17, 15) is 0 Å². The van der Waals surface area contributed by atoms with Crippen LogP contribution < -0.4 is 10.2 Å². The zero-order valence-corrected chi connectivity index (χ0v) is 14.3. The Morgan fingerprint density at radius 1 is 1.50 bits per heavy atom. The number of halogens is 1. The van der Waals surface area contributed by atoms with Crippen molar-refractivity contribution in [3.63, 3.8) is 0 Å². The molecule has 0 unspecified atom stereocenters. The predicted octanol–water partition coefficient (Wildman–Crippen LogP) is 2.96. The van der Waals surface area contributed by atoms with E-state index in [-0.39, 0.29) is 5.54 Å². The Labute approximate surface area is 130 Å². The molecule has 1 fully saturated rings. The number of nitrogens with one attached hydrogen (secondary N) is 1. The summed E-state index contributed by atoms with van der Waals surface area (Å²) in [7, 11) is 0. The molecule has 0 aliphatic carbocycles. The van der Waals surface area contributed by atoms with Gasteiger partial charge in [0.15, 0.2) is 0 Å². The summed E-state index contributed by atoms with van der Waals surface area (Å²) in [6.45, 7) is 11.9. The number of hydrogen-bond acceptors (Lipinski definition) is 4. The molecule has 0 atom stereocenters. The second-order valence-corrected chi connectivity index (χ2v) is 7.10. The van der Waals surface area contributed by atoms with E-state index in [2.05, 4.69) is 64.9 Å². The Morgan fingerprint density at radius 2 is 2.25 bits per heavy atom. The van der Waals surface area contributed by atoms with Gasteiger partial charge in [0.25, 0.3) is 0 Å². The summed E-state index contributed by atoms with van der Waals surface area (Å²) in [4.78, 5) is 7.02. The van der Waals surface area contributed by atoms with E-state index in [4.69, 9.17) is 4.74 Å². The van der Waals surface area contributed by atoms with Crippen molar-refractivity contribution in [2.24, 2.45) is 0 Å². The topological polar surface area (TPSA) is 37.4 Å². The Balaban J connectivity index is 2.29. The van der Waals surface area contributed by atoms with Crippen LogP contribution in [0, 0.1) is 0 Å². The molecule has 0 amide bonds. The van der Waals surface area contributed by atoms with Crippen molar-refractivity contribution in [1.29, 1.82) is 0 Å². The lowest BCUT2D eigenvalue weighted by molar-refractivity contribution is 0.0638. The fourth-order valence-electron chi connectivity index (χ4n) is 2.41. The lowest BCUT2D eigenvalue weighted by Crippen LogP contribution is -2.54. The van der Waals surface area contributed by atoms with E-state index in [1.165, 1.54) is 5.56 Å². The molecule has 1 aromatic heterocycles. The molecule has 1 aliphatic rings. The monoisotopic (exact) mass is 341 g/mol. The fraction of sp³-hybridized carbons (Fsp3) is 0.667. The molecular formula is C15H24BrN3O. The Hall–Kier alpha value is -0.650. The minimum Gasteiger partial charge on any atom is -0.377 e. The molecule has 1 aromatic rings. The van der Waals surface area contributed by atoms with Crippen LogP contribution >= 0.6 is 15.9 Å². The summed E-state index contributed by atoms with van der Waals surface area (Å²) in [6.07, 6.45) is 1.87. The standard InChI is InChI=1S/C15H24BrN3O/c1-11(2)17-8-12-7-13(16)9-18-14(12)19-5-6-20-10-15(19,3)4/h7,9,11,17H,5-6,8,10H2,1-4H3. The summed E-state index contributed by atoms with van der Waals surface area (Å²) in [5, 5.41) is 3.48. The van der Waals surface area contributed by atoms with E-state index in [1.54, 1.807) is 0 Å². The number of ether oxygens (including phenoxy) is 1.